The monoisotopic (exact) mass is 402 g/mol. The number of piperidine rings is 1. The predicted molar refractivity (Wildman–Crippen MR) is 103 cm³/mol. The molecule has 8 heteroatoms. The molecule has 28 heavy (non-hydrogen) atoms. The molecule has 2 aromatic heterocycles. The van der Waals surface area contributed by atoms with E-state index in [9.17, 15) is 8.42 Å². The molecule has 0 N–H and O–H groups in total. The standard InChI is InChI=1S/C20H22N2O5S/c1-14-9-11-22(12-10-14)20-19(21-18(27-20)17-4-3-13-26-17)28(23,24)16-7-5-15(25-2)6-8-16/h3-8,13-14H,9-12H2,1-2H3. The quantitative estimate of drug-likeness (QED) is 0.637. The molecule has 3 heterocycles. The lowest BCUT2D eigenvalue weighted by Gasteiger charge is -2.30. The van der Waals surface area contributed by atoms with Crippen molar-refractivity contribution in [2.24, 2.45) is 5.92 Å². The van der Waals surface area contributed by atoms with Gasteiger partial charge in [0.1, 0.15) is 5.75 Å². The number of nitrogens with zero attached hydrogens (tertiary/aromatic N) is 2. The highest BCUT2D eigenvalue weighted by atomic mass is 32.2. The zero-order valence-corrected chi connectivity index (χ0v) is 16.6. The van der Waals surface area contributed by atoms with Crippen molar-refractivity contribution < 1.29 is 22.0 Å². The number of oxazole rings is 1. The molecule has 1 fully saturated rings. The Labute approximate surface area is 163 Å². The number of hydrogen-bond donors (Lipinski definition) is 0. The van der Waals surface area contributed by atoms with E-state index >= 15 is 0 Å². The maximum Gasteiger partial charge on any atom is 0.266 e. The molecule has 1 saturated heterocycles. The van der Waals surface area contributed by atoms with Crippen LogP contribution in [0.4, 0.5) is 5.88 Å². The zero-order chi connectivity index (χ0) is 19.7. The molecule has 0 radical (unpaired) electrons. The third kappa shape index (κ3) is 3.40. The summed E-state index contributed by atoms with van der Waals surface area (Å²) in [5.74, 6) is 2.01. The Morgan fingerprint density at radius 3 is 2.46 bits per heavy atom. The summed E-state index contributed by atoms with van der Waals surface area (Å²) in [5.41, 5.74) is 0. The largest absolute Gasteiger partial charge is 0.497 e. The number of methoxy groups -OCH3 is 1. The molecule has 0 bridgehead atoms. The van der Waals surface area contributed by atoms with Gasteiger partial charge < -0.3 is 18.5 Å². The van der Waals surface area contributed by atoms with Gasteiger partial charge >= 0.3 is 0 Å². The van der Waals surface area contributed by atoms with Crippen LogP contribution in [-0.2, 0) is 9.84 Å². The molecule has 0 atom stereocenters. The van der Waals surface area contributed by atoms with Gasteiger partial charge in [-0.15, -0.1) is 0 Å². The maximum atomic E-state index is 13.3. The number of ether oxygens (including phenoxy) is 1. The molecule has 1 aliphatic rings. The number of benzene rings is 1. The minimum absolute atomic E-state index is 0.0846. The van der Waals surface area contributed by atoms with Crippen LogP contribution in [0.2, 0.25) is 0 Å². The molecule has 1 aliphatic heterocycles. The van der Waals surface area contributed by atoms with Gasteiger partial charge in [-0.25, -0.2) is 8.42 Å². The van der Waals surface area contributed by atoms with Crippen molar-refractivity contribution in [1.29, 1.82) is 0 Å². The Hall–Kier alpha value is -2.74. The fraction of sp³-hybridized carbons (Fsp3) is 0.350. The SMILES string of the molecule is COc1ccc(S(=O)(=O)c2nc(-c3ccco3)oc2N2CCC(C)CC2)cc1. The highest BCUT2D eigenvalue weighted by Gasteiger charge is 2.33. The van der Waals surface area contributed by atoms with Gasteiger partial charge in [0, 0.05) is 13.1 Å². The Morgan fingerprint density at radius 1 is 1.14 bits per heavy atom. The summed E-state index contributed by atoms with van der Waals surface area (Å²) in [5, 5.41) is -0.0846. The molecule has 0 amide bonds. The molecule has 4 rings (SSSR count). The molecule has 0 aliphatic carbocycles. The van der Waals surface area contributed by atoms with Crippen LogP contribution in [0.3, 0.4) is 0 Å². The summed E-state index contributed by atoms with van der Waals surface area (Å²) >= 11 is 0. The van der Waals surface area contributed by atoms with Gasteiger partial charge in [-0.05, 0) is 55.2 Å². The van der Waals surface area contributed by atoms with Gasteiger partial charge in [0.15, 0.2) is 5.76 Å². The van der Waals surface area contributed by atoms with Gasteiger partial charge in [-0.1, -0.05) is 6.92 Å². The zero-order valence-electron chi connectivity index (χ0n) is 15.8. The van der Waals surface area contributed by atoms with E-state index in [2.05, 4.69) is 11.9 Å². The first-order valence-corrected chi connectivity index (χ1v) is 10.7. The second-order valence-corrected chi connectivity index (χ2v) is 8.82. The van der Waals surface area contributed by atoms with Crippen LogP contribution in [0.1, 0.15) is 19.8 Å². The number of rotatable bonds is 5. The Bertz CT molecular complexity index is 1030. The molecule has 1 aromatic carbocycles. The van der Waals surface area contributed by atoms with E-state index in [1.807, 2.05) is 4.90 Å². The van der Waals surface area contributed by atoms with Crippen LogP contribution in [-0.4, -0.2) is 33.6 Å². The Morgan fingerprint density at radius 2 is 1.86 bits per heavy atom. The van der Waals surface area contributed by atoms with Crippen LogP contribution in [0.25, 0.3) is 11.7 Å². The molecule has 148 valence electrons. The van der Waals surface area contributed by atoms with Crippen LogP contribution < -0.4 is 9.64 Å². The average molecular weight is 402 g/mol. The van der Waals surface area contributed by atoms with Gasteiger partial charge in [0.05, 0.1) is 18.3 Å². The van der Waals surface area contributed by atoms with Crippen molar-refractivity contribution in [3.05, 3.63) is 42.7 Å². The van der Waals surface area contributed by atoms with E-state index in [1.165, 1.54) is 25.5 Å². The van der Waals surface area contributed by atoms with Crippen molar-refractivity contribution in [2.75, 3.05) is 25.1 Å². The molecule has 7 nitrogen and oxygen atoms in total. The lowest BCUT2D eigenvalue weighted by molar-refractivity contribution is 0.413. The third-order valence-corrected chi connectivity index (χ3v) is 6.67. The van der Waals surface area contributed by atoms with E-state index < -0.39 is 9.84 Å². The van der Waals surface area contributed by atoms with Crippen molar-refractivity contribution >= 4 is 15.7 Å². The number of hydrogen-bond acceptors (Lipinski definition) is 7. The molecular weight excluding hydrogens is 380 g/mol. The topological polar surface area (TPSA) is 85.8 Å². The summed E-state index contributed by atoms with van der Waals surface area (Å²) in [6, 6.07) is 9.65. The lowest BCUT2D eigenvalue weighted by Crippen LogP contribution is -2.33. The Balaban J connectivity index is 1.79. The van der Waals surface area contributed by atoms with Crippen molar-refractivity contribution in [3.8, 4) is 17.4 Å². The second kappa shape index (κ2) is 7.35. The highest BCUT2D eigenvalue weighted by Crippen LogP contribution is 2.36. The summed E-state index contributed by atoms with van der Waals surface area (Å²) in [4.78, 5) is 6.41. The van der Waals surface area contributed by atoms with Crippen molar-refractivity contribution in [3.63, 3.8) is 0 Å². The van der Waals surface area contributed by atoms with E-state index in [4.69, 9.17) is 13.6 Å². The van der Waals surface area contributed by atoms with Gasteiger partial charge in [0.2, 0.25) is 20.7 Å². The highest BCUT2D eigenvalue weighted by molar-refractivity contribution is 7.91. The molecule has 0 saturated carbocycles. The molecule has 0 unspecified atom stereocenters. The number of furan rings is 1. The lowest BCUT2D eigenvalue weighted by atomic mass is 9.99. The van der Waals surface area contributed by atoms with Crippen molar-refractivity contribution in [1.82, 2.24) is 4.98 Å². The smallest absolute Gasteiger partial charge is 0.266 e. The minimum atomic E-state index is -3.87. The van der Waals surface area contributed by atoms with Gasteiger partial charge in [-0.2, -0.15) is 4.98 Å². The predicted octanol–water partition coefficient (Wildman–Crippen LogP) is 4.01. The Kier molecular flexibility index (Phi) is 4.89. The fourth-order valence-corrected chi connectivity index (χ4v) is 4.58. The van der Waals surface area contributed by atoms with E-state index in [0.717, 1.165) is 25.9 Å². The van der Waals surface area contributed by atoms with E-state index in [-0.39, 0.29) is 21.7 Å². The first kappa shape index (κ1) is 18.6. The third-order valence-electron chi connectivity index (χ3n) is 5.01. The maximum absolute atomic E-state index is 13.3. The van der Waals surface area contributed by atoms with Crippen LogP contribution in [0.15, 0.2) is 61.4 Å². The summed E-state index contributed by atoms with van der Waals surface area (Å²) in [7, 11) is -2.34. The summed E-state index contributed by atoms with van der Waals surface area (Å²) in [6.45, 7) is 3.64. The normalized spacial score (nSPS) is 15.7. The summed E-state index contributed by atoms with van der Waals surface area (Å²) in [6.07, 6.45) is 3.44. The second-order valence-electron chi connectivity index (χ2n) is 6.96. The van der Waals surface area contributed by atoms with E-state index in [0.29, 0.717) is 17.4 Å². The molecule has 0 spiro atoms. The first-order chi connectivity index (χ1) is 13.5. The molecule has 3 aromatic rings. The minimum Gasteiger partial charge on any atom is -0.497 e. The van der Waals surface area contributed by atoms with Gasteiger partial charge in [0.25, 0.3) is 5.89 Å². The molecular formula is C20H22N2O5S. The number of anilines is 1. The van der Waals surface area contributed by atoms with Crippen molar-refractivity contribution in [2.45, 2.75) is 29.7 Å². The van der Waals surface area contributed by atoms with Gasteiger partial charge in [-0.3, -0.25) is 0 Å². The van der Waals surface area contributed by atoms with E-state index in [1.54, 1.807) is 24.3 Å². The fourth-order valence-electron chi connectivity index (χ4n) is 3.26. The number of sulfone groups is 1. The number of aromatic nitrogens is 1. The summed E-state index contributed by atoms with van der Waals surface area (Å²) < 4.78 is 43.0. The van der Waals surface area contributed by atoms with Crippen LogP contribution >= 0.6 is 0 Å². The van der Waals surface area contributed by atoms with Crippen LogP contribution in [0.5, 0.6) is 5.75 Å². The first-order valence-electron chi connectivity index (χ1n) is 9.18. The van der Waals surface area contributed by atoms with Crippen LogP contribution in [0, 0.1) is 5.92 Å². The average Bonchev–Trinajstić information content (AvgIpc) is 3.38.